The van der Waals surface area contributed by atoms with Crippen molar-refractivity contribution in [3.8, 4) is 11.5 Å². The van der Waals surface area contributed by atoms with Crippen LogP contribution in [-0.2, 0) is 9.59 Å². The summed E-state index contributed by atoms with van der Waals surface area (Å²) in [6.45, 7) is 5.27. The lowest BCUT2D eigenvalue weighted by atomic mass is 10.1. The van der Waals surface area contributed by atoms with Crippen molar-refractivity contribution in [2.45, 2.75) is 6.92 Å². The molecule has 3 amide bonds. The number of hydrogen-bond acceptors (Lipinski definition) is 6. The number of imide groups is 1. The van der Waals surface area contributed by atoms with Crippen LogP contribution in [-0.4, -0.2) is 42.2 Å². The van der Waals surface area contributed by atoms with Crippen LogP contribution < -0.4 is 14.8 Å². The lowest BCUT2D eigenvalue weighted by Gasteiger charge is -2.14. The van der Waals surface area contributed by atoms with Crippen LogP contribution in [0.25, 0.3) is 6.08 Å². The van der Waals surface area contributed by atoms with Crippen molar-refractivity contribution in [2.75, 3.05) is 25.6 Å². The number of anilines is 1. The molecule has 32 heavy (non-hydrogen) atoms. The van der Waals surface area contributed by atoms with Crippen LogP contribution in [0.4, 0.5) is 10.5 Å². The Kier molecular flexibility index (Phi) is 7.61. The van der Waals surface area contributed by atoms with Crippen molar-refractivity contribution >= 4 is 52.2 Å². The average molecular weight is 473 g/mol. The molecule has 9 heteroatoms. The predicted molar refractivity (Wildman–Crippen MR) is 126 cm³/mol. The molecule has 1 aliphatic rings. The van der Waals surface area contributed by atoms with E-state index in [1.807, 2.05) is 6.92 Å². The predicted octanol–water partition coefficient (Wildman–Crippen LogP) is 4.90. The van der Waals surface area contributed by atoms with E-state index in [0.717, 1.165) is 22.2 Å². The smallest absolute Gasteiger partial charge is 0.294 e. The molecule has 0 aliphatic carbocycles. The third-order valence-corrected chi connectivity index (χ3v) is 5.65. The number of benzene rings is 2. The number of carbonyl (C=O) groups excluding carboxylic acids is 3. The summed E-state index contributed by atoms with van der Waals surface area (Å²) in [5.41, 5.74) is 1.89. The van der Waals surface area contributed by atoms with Gasteiger partial charge in [-0.1, -0.05) is 42.5 Å². The Morgan fingerprint density at radius 1 is 1.28 bits per heavy atom. The highest BCUT2D eigenvalue weighted by atomic mass is 35.5. The fourth-order valence-corrected chi connectivity index (χ4v) is 3.94. The molecule has 1 saturated heterocycles. The minimum Gasteiger partial charge on any atom is -0.493 e. The first-order valence-corrected chi connectivity index (χ1v) is 10.8. The van der Waals surface area contributed by atoms with E-state index >= 15 is 0 Å². The van der Waals surface area contributed by atoms with E-state index in [0.29, 0.717) is 27.8 Å². The van der Waals surface area contributed by atoms with Gasteiger partial charge < -0.3 is 14.8 Å². The summed E-state index contributed by atoms with van der Waals surface area (Å²) >= 11 is 6.73. The van der Waals surface area contributed by atoms with E-state index in [1.54, 1.807) is 48.6 Å². The van der Waals surface area contributed by atoms with Gasteiger partial charge in [-0.25, -0.2) is 0 Å². The maximum absolute atomic E-state index is 12.8. The molecule has 2 aromatic rings. The lowest BCUT2D eigenvalue weighted by molar-refractivity contribution is -0.127. The fraction of sp³-hybridized carbons (Fsp3) is 0.174. The highest BCUT2D eigenvalue weighted by Gasteiger charge is 2.36. The quantitative estimate of drug-likeness (QED) is 0.434. The minimum atomic E-state index is -0.560. The zero-order valence-electron chi connectivity index (χ0n) is 17.5. The number of carbonyl (C=O) groups is 3. The molecule has 3 rings (SSSR count). The Morgan fingerprint density at radius 2 is 2.06 bits per heavy atom. The van der Waals surface area contributed by atoms with Crippen LogP contribution in [0.3, 0.4) is 0 Å². The van der Waals surface area contributed by atoms with Gasteiger partial charge in [0.15, 0.2) is 11.5 Å². The SMILES string of the molecule is C=CCOc1c(/C=C2\SC(=O)N(CC(=O)Nc3cc(Cl)ccc3C)C2=O)cccc1OC. The third-order valence-electron chi connectivity index (χ3n) is 4.51. The van der Waals surface area contributed by atoms with E-state index < -0.39 is 23.6 Å². The standard InChI is InChI=1S/C23H21ClN2O5S/c1-4-10-31-21-15(6-5-7-18(21)30-3)11-19-22(28)26(23(29)32-19)13-20(27)25-17-12-16(24)9-8-14(17)2/h4-9,11-12H,1,10,13H2,2-3H3,(H,25,27)/b19-11-. The third kappa shape index (κ3) is 5.33. The molecule has 0 atom stereocenters. The number of halogens is 1. The second-order valence-corrected chi connectivity index (χ2v) is 8.18. The van der Waals surface area contributed by atoms with Crippen molar-refractivity contribution in [1.29, 1.82) is 0 Å². The number of nitrogens with one attached hydrogen (secondary N) is 1. The van der Waals surface area contributed by atoms with Gasteiger partial charge in [-0.15, -0.1) is 0 Å². The van der Waals surface area contributed by atoms with E-state index in [9.17, 15) is 14.4 Å². The lowest BCUT2D eigenvalue weighted by Crippen LogP contribution is -2.36. The second-order valence-electron chi connectivity index (χ2n) is 6.75. The average Bonchev–Trinajstić information content (AvgIpc) is 3.02. The molecule has 0 unspecified atom stereocenters. The molecule has 1 N–H and O–H groups in total. The van der Waals surface area contributed by atoms with Gasteiger partial charge in [0, 0.05) is 16.3 Å². The first-order chi connectivity index (χ1) is 15.3. The van der Waals surface area contributed by atoms with E-state index in [-0.39, 0.29) is 11.5 Å². The van der Waals surface area contributed by atoms with Crippen LogP contribution in [0.15, 0.2) is 54.0 Å². The van der Waals surface area contributed by atoms with Crippen LogP contribution in [0.2, 0.25) is 5.02 Å². The molecule has 1 fully saturated rings. The molecule has 0 radical (unpaired) electrons. The molecule has 166 valence electrons. The number of nitrogens with zero attached hydrogens (tertiary/aromatic N) is 1. The largest absolute Gasteiger partial charge is 0.493 e. The summed E-state index contributed by atoms with van der Waals surface area (Å²) in [6.07, 6.45) is 3.13. The molecule has 0 spiro atoms. The first-order valence-electron chi connectivity index (χ1n) is 9.56. The maximum atomic E-state index is 12.8. The Labute approximate surface area is 195 Å². The van der Waals surface area contributed by atoms with Crippen LogP contribution in [0, 0.1) is 6.92 Å². The maximum Gasteiger partial charge on any atom is 0.294 e. The van der Waals surface area contributed by atoms with E-state index in [4.69, 9.17) is 21.1 Å². The number of ether oxygens (including phenoxy) is 2. The monoisotopic (exact) mass is 472 g/mol. The Balaban J connectivity index is 1.79. The molecule has 0 saturated carbocycles. The summed E-state index contributed by atoms with van der Waals surface area (Å²) in [4.78, 5) is 38.8. The summed E-state index contributed by atoms with van der Waals surface area (Å²) in [5, 5.41) is 2.62. The number of thioether (sulfide) groups is 1. The van der Waals surface area contributed by atoms with Crippen molar-refractivity contribution in [1.82, 2.24) is 4.90 Å². The van der Waals surface area contributed by atoms with Gasteiger partial charge in [0.1, 0.15) is 13.2 Å². The topological polar surface area (TPSA) is 84.9 Å². The number of para-hydroxylation sites is 1. The van der Waals surface area contributed by atoms with Gasteiger partial charge in [-0.05, 0) is 48.5 Å². The number of rotatable bonds is 8. The number of hydrogen-bond donors (Lipinski definition) is 1. The van der Waals surface area contributed by atoms with Crippen LogP contribution in [0.5, 0.6) is 11.5 Å². The van der Waals surface area contributed by atoms with E-state index in [2.05, 4.69) is 11.9 Å². The Bertz CT molecular complexity index is 1120. The summed E-state index contributed by atoms with van der Waals surface area (Å²) in [5.74, 6) is -0.155. The molecule has 7 nitrogen and oxygen atoms in total. The van der Waals surface area contributed by atoms with Crippen LogP contribution in [0.1, 0.15) is 11.1 Å². The van der Waals surface area contributed by atoms with Crippen molar-refractivity contribution in [2.24, 2.45) is 0 Å². The van der Waals surface area contributed by atoms with Gasteiger partial charge in [0.25, 0.3) is 11.1 Å². The van der Waals surface area contributed by atoms with Gasteiger partial charge in [-0.2, -0.15) is 0 Å². The molecule has 0 aromatic heterocycles. The van der Waals surface area contributed by atoms with E-state index in [1.165, 1.54) is 7.11 Å². The zero-order valence-corrected chi connectivity index (χ0v) is 19.1. The molecular weight excluding hydrogens is 452 g/mol. The van der Waals surface area contributed by atoms with Crippen LogP contribution >= 0.6 is 23.4 Å². The first kappa shape index (κ1) is 23.4. The summed E-state index contributed by atoms with van der Waals surface area (Å²) in [7, 11) is 1.51. The molecule has 1 aliphatic heterocycles. The van der Waals surface area contributed by atoms with Gasteiger partial charge in [0.2, 0.25) is 5.91 Å². The highest BCUT2D eigenvalue weighted by molar-refractivity contribution is 8.18. The fourth-order valence-electron chi connectivity index (χ4n) is 2.94. The minimum absolute atomic E-state index is 0.179. The van der Waals surface area contributed by atoms with Crippen molar-refractivity contribution in [3.63, 3.8) is 0 Å². The molecule has 0 bridgehead atoms. The molecular formula is C23H21ClN2O5S. The highest BCUT2D eigenvalue weighted by Crippen LogP contribution is 2.37. The van der Waals surface area contributed by atoms with Gasteiger partial charge >= 0.3 is 0 Å². The molecule has 2 aromatic carbocycles. The normalized spacial score (nSPS) is 14.6. The van der Waals surface area contributed by atoms with Gasteiger partial charge in [0.05, 0.1) is 12.0 Å². The van der Waals surface area contributed by atoms with Crippen molar-refractivity contribution in [3.05, 3.63) is 70.1 Å². The molecule has 1 heterocycles. The Hall–Kier alpha value is -3.23. The number of methoxy groups -OCH3 is 1. The number of aryl methyl sites for hydroxylation is 1. The summed E-state index contributed by atoms with van der Waals surface area (Å²) < 4.78 is 11.0. The summed E-state index contributed by atoms with van der Waals surface area (Å²) in [6, 6.07) is 10.3. The Morgan fingerprint density at radius 3 is 2.78 bits per heavy atom. The number of amides is 3. The van der Waals surface area contributed by atoms with Crippen molar-refractivity contribution < 1.29 is 23.9 Å². The second kappa shape index (κ2) is 10.4. The van der Waals surface area contributed by atoms with Gasteiger partial charge in [-0.3, -0.25) is 19.3 Å². The zero-order chi connectivity index (χ0) is 23.3.